The molecule has 0 unspecified atom stereocenters. The van der Waals surface area contributed by atoms with Gasteiger partial charge in [0.15, 0.2) is 0 Å². The van der Waals surface area contributed by atoms with Crippen LogP contribution >= 0.6 is 0 Å². The number of carbonyl (C=O) groups excluding carboxylic acids is 1. The van der Waals surface area contributed by atoms with Gasteiger partial charge >= 0.3 is 0 Å². The molecule has 2 N–H and O–H groups in total. The molecule has 2 rings (SSSR count). The maximum atomic E-state index is 11.7. The monoisotopic (exact) mass is 262 g/mol. The molecule has 19 heavy (non-hydrogen) atoms. The molecule has 4 nitrogen and oxygen atoms in total. The van der Waals surface area contributed by atoms with E-state index >= 15 is 0 Å². The Balaban J connectivity index is 1.90. The van der Waals surface area contributed by atoms with Gasteiger partial charge in [-0.05, 0) is 37.8 Å². The highest BCUT2D eigenvalue weighted by Gasteiger charge is 2.31. The van der Waals surface area contributed by atoms with Gasteiger partial charge in [-0.3, -0.25) is 4.79 Å². The van der Waals surface area contributed by atoms with Crippen LogP contribution in [-0.4, -0.2) is 36.5 Å². The molecule has 1 fully saturated rings. The van der Waals surface area contributed by atoms with Gasteiger partial charge in [0.1, 0.15) is 12.4 Å². The van der Waals surface area contributed by atoms with Crippen LogP contribution in [0.15, 0.2) is 18.2 Å². The van der Waals surface area contributed by atoms with E-state index in [2.05, 4.69) is 0 Å². The Kier molecular flexibility index (Phi) is 4.43. The van der Waals surface area contributed by atoms with E-state index in [0.29, 0.717) is 19.2 Å². The first-order valence-electron chi connectivity index (χ1n) is 6.82. The second-order valence-corrected chi connectivity index (χ2v) is 5.09. The third-order valence-corrected chi connectivity index (χ3v) is 3.47. The molecule has 4 heteroatoms. The van der Waals surface area contributed by atoms with Crippen molar-refractivity contribution in [2.45, 2.75) is 32.7 Å². The molecule has 0 aliphatic heterocycles. The van der Waals surface area contributed by atoms with Crippen LogP contribution in [0, 0.1) is 13.8 Å². The fourth-order valence-corrected chi connectivity index (χ4v) is 2.29. The normalized spacial score (nSPS) is 14.3. The summed E-state index contributed by atoms with van der Waals surface area (Å²) in [5, 5.41) is 0. The Morgan fingerprint density at radius 2 is 2.00 bits per heavy atom. The molecule has 0 aromatic heterocycles. The number of rotatable bonds is 6. The average Bonchev–Trinajstić information content (AvgIpc) is 3.21. The van der Waals surface area contributed by atoms with E-state index in [0.717, 1.165) is 29.7 Å². The SMILES string of the molecule is Cc1cccc(C)c1OCCN(C(=O)CN)C1CC1. The minimum atomic E-state index is 0.0209. The van der Waals surface area contributed by atoms with Crippen molar-refractivity contribution in [2.75, 3.05) is 19.7 Å². The molecular formula is C15H22N2O2. The van der Waals surface area contributed by atoms with Crippen molar-refractivity contribution in [2.24, 2.45) is 5.73 Å². The number of benzene rings is 1. The number of amides is 1. The van der Waals surface area contributed by atoms with Gasteiger partial charge in [0.05, 0.1) is 13.1 Å². The van der Waals surface area contributed by atoms with E-state index in [9.17, 15) is 4.79 Å². The molecule has 1 saturated carbocycles. The lowest BCUT2D eigenvalue weighted by Gasteiger charge is -2.22. The van der Waals surface area contributed by atoms with Crippen molar-refractivity contribution in [1.82, 2.24) is 4.90 Å². The van der Waals surface area contributed by atoms with Gasteiger partial charge in [-0.1, -0.05) is 18.2 Å². The fraction of sp³-hybridized carbons (Fsp3) is 0.533. The predicted molar refractivity (Wildman–Crippen MR) is 75.2 cm³/mol. The Bertz CT molecular complexity index is 435. The van der Waals surface area contributed by atoms with Crippen LogP contribution in [0.3, 0.4) is 0 Å². The zero-order valence-corrected chi connectivity index (χ0v) is 11.7. The van der Waals surface area contributed by atoms with Crippen molar-refractivity contribution >= 4 is 5.91 Å². The third-order valence-electron chi connectivity index (χ3n) is 3.47. The lowest BCUT2D eigenvalue weighted by atomic mass is 10.1. The zero-order valence-electron chi connectivity index (χ0n) is 11.7. The van der Waals surface area contributed by atoms with Gasteiger partial charge in [-0.25, -0.2) is 0 Å². The molecule has 0 bridgehead atoms. The number of aryl methyl sites for hydroxylation is 2. The van der Waals surface area contributed by atoms with Crippen LogP contribution in [0.2, 0.25) is 0 Å². The van der Waals surface area contributed by atoms with Crippen molar-refractivity contribution in [1.29, 1.82) is 0 Å². The summed E-state index contributed by atoms with van der Waals surface area (Å²) in [6.45, 7) is 5.29. The number of nitrogens with zero attached hydrogens (tertiary/aromatic N) is 1. The molecule has 1 aliphatic rings. The summed E-state index contributed by atoms with van der Waals surface area (Å²) in [5.74, 6) is 0.950. The van der Waals surface area contributed by atoms with Gasteiger partial charge in [0, 0.05) is 6.04 Å². The van der Waals surface area contributed by atoms with Gasteiger partial charge in [-0.15, -0.1) is 0 Å². The van der Waals surface area contributed by atoms with Crippen LogP contribution in [0.4, 0.5) is 0 Å². The summed E-state index contributed by atoms with van der Waals surface area (Å²) in [6.07, 6.45) is 2.18. The Morgan fingerprint density at radius 3 is 2.53 bits per heavy atom. The lowest BCUT2D eigenvalue weighted by Crippen LogP contribution is -2.40. The minimum absolute atomic E-state index is 0.0209. The summed E-state index contributed by atoms with van der Waals surface area (Å²) < 4.78 is 5.84. The summed E-state index contributed by atoms with van der Waals surface area (Å²) in [7, 11) is 0. The molecule has 0 saturated heterocycles. The number of para-hydroxylation sites is 1. The van der Waals surface area contributed by atoms with Crippen LogP contribution in [-0.2, 0) is 4.79 Å². The average molecular weight is 262 g/mol. The summed E-state index contributed by atoms with van der Waals surface area (Å²) >= 11 is 0. The number of hydrogen-bond donors (Lipinski definition) is 1. The van der Waals surface area contributed by atoms with Gasteiger partial charge in [0.2, 0.25) is 5.91 Å². The highest BCUT2D eigenvalue weighted by Crippen LogP contribution is 2.27. The maximum absolute atomic E-state index is 11.7. The first-order valence-corrected chi connectivity index (χ1v) is 6.82. The highest BCUT2D eigenvalue weighted by molar-refractivity contribution is 5.78. The van der Waals surface area contributed by atoms with E-state index < -0.39 is 0 Å². The van der Waals surface area contributed by atoms with Gasteiger partial charge in [-0.2, -0.15) is 0 Å². The highest BCUT2D eigenvalue weighted by atomic mass is 16.5. The van der Waals surface area contributed by atoms with Crippen LogP contribution in [0.1, 0.15) is 24.0 Å². The van der Waals surface area contributed by atoms with Crippen molar-refractivity contribution in [3.05, 3.63) is 29.3 Å². The van der Waals surface area contributed by atoms with E-state index in [1.54, 1.807) is 0 Å². The van der Waals surface area contributed by atoms with Crippen molar-refractivity contribution < 1.29 is 9.53 Å². The quantitative estimate of drug-likeness (QED) is 0.847. The molecular weight excluding hydrogens is 240 g/mol. The fourth-order valence-electron chi connectivity index (χ4n) is 2.29. The smallest absolute Gasteiger partial charge is 0.236 e. The standard InChI is InChI=1S/C15H22N2O2/c1-11-4-3-5-12(2)15(11)19-9-8-17(13-6-7-13)14(18)10-16/h3-5,13H,6-10,16H2,1-2H3. The van der Waals surface area contributed by atoms with Crippen LogP contribution in [0.25, 0.3) is 0 Å². The van der Waals surface area contributed by atoms with Gasteiger partial charge in [0.25, 0.3) is 0 Å². The van der Waals surface area contributed by atoms with Gasteiger partial charge < -0.3 is 15.4 Å². The molecule has 1 aliphatic carbocycles. The second-order valence-electron chi connectivity index (χ2n) is 5.09. The number of hydrogen-bond acceptors (Lipinski definition) is 3. The predicted octanol–water partition coefficient (Wildman–Crippen LogP) is 1.63. The van der Waals surface area contributed by atoms with E-state index in [-0.39, 0.29) is 12.5 Å². The first kappa shape index (κ1) is 13.9. The minimum Gasteiger partial charge on any atom is -0.491 e. The summed E-state index contributed by atoms with van der Waals surface area (Å²) in [4.78, 5) is 13.6. The zero-order chi connectivity index (χ0) is 13.8. The largest absolute Gasteiger partial charge is 0.491 e. The summed E-state index contributed by atoms with van der Waals surface area (Å²) in [5.41, 5.74) is 7.69. The molecule has 0 spiro atoms. The van der Waals surface area contributed by atoms with E-state index in [4.69, 9.17) is 10.5 Å². The molecule has 0 atom stereocenters. The van der Waals surface area contributed by atoms with Crippen LogP contribution in [0.5, 0.6) is 5.75 Å². The number of nitrogens with two attached hydrogens (primary N) is 1. The molecule has 1 aromatic carbocycles. The van der Waals surface area contributed by atoms with Crippen molar-refractivity contribution in [3.8, 4) is 5.75 Å². The molecule has 0 heterocycles. The van der Waals surface area contributed by atoms with Crippen LogP contribution < -0.4 is 10.5 Å². The Labute approximate surface area is 114 Å². The lowest BCUT2D eigenvalue weighted by molar-refractivity contribution is -0.130. The third kappa shape index (κ3) is 3.47. The molecule has 104 valence electrons. The topological polar surface area (TPSA) is 55.6 Å². The molecule has 0 radical (unpaired) electrons. The van der Waals surface area contributed by atoms with Crippen molar-refractivity contribution in [3.63, 3.8) is 0 Å². The first-order chi connectivity index (χ1) is 9.13. The Hall–Kier alpha value is -1.55. The molecule has 1 aromatic rings. The molecule has 1 amide bonds. The second kappa shape index (κ2) is 6.06. The van der Waals surface area contributed by atoms with E-state index in [1.807, 2.05) is 36.9 Å². The van der Waals surface area contributed by atoms with E-state index in [1.165, 1.54) is 0 Å². The number of ether oxygens (including phenoxy) is 1. The maximum Gasteiger partial charge on any atom is 0.236 e. The number of carbonyl (C=O) groups is 1. The Morgan fingerprint density at radius 1 is 1.37 bits per heavy atom. The summed E-state index contributed by atoms with van der Waals surface area (Å²) in [6, 6.07) is 6.47.